The lowest BCUT2D eigenvalue weighted by Gasteiger charge is -2.31. The quantitative estimate of drug-likeness (QED) is 0.691. The van der Waals surface area contributed by atoms with Gasteiger partial charge in [-0.05, 0) is 63.1 Å². The number of hydrogen-bond acceptors (Lipinski definition) is 3. The van der Waals surface area contributed by atoms with Crippen LogP contribution in [0.4, 0.5) is 4.39 Å². The predicted octanol–water partition coefficient (Wildman–Crippen LogP) is 4.65. The zero-order valence-corrected chi connectivity index (χ0v) is 18.1. The van der Waals surface area contributed by atoms with E-state index in [9.17, 15) is 14.0 Å². The molecule has 1 aliphatic rings. The maximum absolute atomic E-state index is 13.2. The van der Waals surface area contributed by atoms with Gasteiger partial charge in [-0.3, -0.25) is 9.59 Å². The predicted molar refractivity (Wildman–Crippen MR) is 115 cm³/mol. The molecule has 3 rings (SSSR count). The summed E-state index contributed by atoms with van der Waals surface area (Å²) in [4.78, 5) is 29.4. The number of rotatable bonds is 6. The van der Waals surface area contributed by atoms with Crippen molar-refractivity contribution in [3.8, 4) is 0 Å². The summed E-state index contributed by atoms with van der Waals surface area (Å²) < 4.78 is 13.2. The van der Waals surface area contributed by atoms with Crippen molar-refractivity contribution in [3.05, 3.63) is 71.0 Å². The Morgan fingerprint density at radius 1 is 1.17 bits per heavy atom. The second-order valence-corrected chi connectivity index (χ2v) is 9.04. The molecular weight excluding hydrogens is 387 g/mol. The summed E-state index contributed by atoms with van der Waals surface area (Å²) in [6, 6.07) is 13.7. The van der Waals surface area contributed by atoms with Gasteiger partial charge in [0, 0.05) is 24.7 Å². The molecule has 0 bridgehead atoms. The van der Waals surface area contributed by atoms with Crippen molar-refractivity contribution in [1.29, 1.82) is 0 Å². The van der Waals surface area contributed by atoms with Crippen molar-refractivity contribution in [1.82, 2.24) is 9.80 Å². The van der Waals surface area contributed by atoms with E-state index in [0.29, 0.717) is 18.7 Å². The molecule has 1 fully saturated rings. The van der Waals surface area contributed by atoms with E-state index in [1.54, 1.807) is 16.7 Å². The molecule has 2 aromatic rings. The topological polar surface area (TPSA) is 40.6 Å². The van der Waals surface area contributed by atoms with E-state index in [-0.39, 0.29) is 34.3 Å². The number of aryl methyl sites for hydroxylation is 1. The third-order valence-electron chi connectivity index (χ3n) is 5.26. The van der Waals surface area contributed by atoms with E-state index in [1.165, 1.54) is 24.3 Å². The molecule has 0 aromatic heterocycles. The molecule has 2 aromatic carbocycles. The van der Waals surface area contributed by atoms with Crippen molar-refractivity contribution in [2.24, 2.45) is 0 Å². The lowest BCUT2D eigenvalue weighted by atomic mass is 10.1. The summed E-state index contributed by atoms with van der Waals surface area (Å²) in [6.07, 6.45) is 0. The largest absolute Gasteiger partial charge is 0.334 e. The van der Waals surface area contributed by atoms with Crippen LogP contribution in [0.2, 0.25) is 0 Å². The lowest BCUT2D eigenvalue weighted by molar-refractivity contribution is -0.130. The minimum atomic E-state index is -0.368. The van der Waals surface area contributed by atoms with Crippen LogP contribution >= 0.6 is 11.8 Å². The SMILES string of the molecule is Cc1ccccc1[C@H]1S[C@H](C)C(=O)N1CCN(C(=O)c1ccc(F)cc1)C(C)C. The van der Waals surface area contributed by atoms with Crippen molar-refractivity contribution < 1.29 is 14.0 Å². The zero-order chi connectivity index (χ0) is 21.1. The van der Waals surface area contributed by atoms with Gasteiger partial charge in [-0.15, -0.1) is 11.8 Å². The minimum absolute atomic E-state index is 0.0350. The molecular formula is C23H27FN2O2S. The highest BCUT2D eigenvalue weighted by atomic mass is 32.2. The van der Waals surface area contributed by atoms with Gasteiger partial charge in [0.05, 0.1) is 5.25 Å². The van der Waals surface area contributed by atoms with Gasteiger partial charge >= 0.3 is 0 Å². The van der Waals surface area contributed by atoms with E-state index in [4.69, 9.17) is 0 Å². The van der Waals surface area contributed by atoms with Gasteiger partial charge in [-0.2, -0.15) is 0 Å². The number of nitrogens with zero attached hydrogens (tertiary/aromatic N) is 2. The number of hydrogen-bond donors (Lipinski definition) is 0. The van der Waals surface area contributed by atoms with Gasteiger partial charge in [-0.1, -0.05) is 24.3 Å². The summed E-state index contributed by atoms with van der Waals surface area (Å²) >= 11 is 1.65. The number of carbonyl (C=O) groups is 2. The highest BCUT2D eigenvalue weighted by Crippen LogP contribution is 2.43. The van der Waals surface area contributed by atoms with Crippen molar-refractivity contribution in [2.45, 2.75) is 44.4 Å². The highest BCUT2D eigenvalue weighted by Gasteiger charge is 2.39. The third-order valence-corrected chi connectivity index (χ3v) is 6.63. The fourth-order valence-electron chi connectivity index (χ4n) is 3.57. The molecule has 0 saturated carbocycles. The number of carbonyl (C=O) groups excluding carboxylic acids is 2. The average Bonchev–Trinajstić information content (AvgIpc) is 2.97. The maximum atomic E-state index is 13.2. The molecule has 1 saturated heterocycles. The van der Waals surface area contributed by atoms with Gasteiger partial charge in [0.25, 0.3) is 5.91 Å². The first kappa shape index (κ1) is 21.4. The molecule has 154 valence electrons. The van der Waals surface area contributed by atoms with Crippen LogP contribution in [0.1, 0.15) is 47.6 Å². The third kappa shape index (κ3) is 4.64. The van der Waals surface area contributed by atoms with Crippen LogP contribution in [-0.2, 0) is 4.79 Å². The summed E-state index contributed by atoms with van der Waals surface area (Å²) in [5.74, 6) is -0.423. The van der Waals surface area contributed by atoms with Gasteiger partial charge in [0.2, 0.25) is 5.91 Å². The Morgan fingerprint density at radius 2 is 1.83 bits per heavy atom. The first-order valence-corrected chi connectivity index (χ1v) is 10.8. The molecule has 4 nitrogen and oxygen atoms in total. The van der Waals surface area contributed by atoms with Crippen LogP contribution in [0.25, 0.3) is 0 Å². The summed E-state index contributed by atoms with van der Waals surface area (Å²) in [5, 5.41) is -0.159. The second kappa shape index (κ2) is 8.99. The van der Waals surface area contributed by atoms with Crippen molar-refractivity contribution >= 4 is 23.6 Å². The molecule has 1 aliphatic heterocycles. The Morgan fingerprint density at radius 3 is 2.45 bits per heavy atom. The van der Waals surface area contributed by atoms with Crippen molar-refractivity contribution in [2.75, 3.05) is 13.1 Å². The van der Waals surface area contributed by atoms with Gasteiger partial charge in [0.1, 0.15) is 11.2 Å². The van der Waals surface area contributed by atoms with Gasteiger partial charge in [-0.25, -0.2) is 4.39 Å². The maximum Gasteiger partial charge on any atom is 0.254 e. The Hall–Kier alpha value is -2.34. The van der Waals surface area contributed by atoms with Gasteiger partial charge < -0.3 is 9.80 Å². The molecule has 0 N–H and O–H groups in total. The Labute approximate surface area is 176 Å². The first-order chi connectivity index (χ1) is 13.8. The van der Waals surface area contributed by atoms with Crippen LogP contribution < -0.4 is 0 Å². The lowest BCUT2D eigenvalue weighted by Crippen LogP contribution is -2.43. The summed E-state index contributed by atoms with van der Waals surface area (Å²) in [5.41, 5.74) is 2.74. The minimum Gasteiger partial charge on any atom is -0.334 e. The average molecular weight is 415 g/mol. The molecule has 29 heavy (non-hydrogen) atoms. The normalized spacial score (nSPS) is 19.1. The van der Waals surface area contributed by atoms with E-state index < -0.39 is 0 Å². The van der Waals surface area contributed by atoms with Crippen LogP contribution in [-0.4, -0.2) is 46.0 Å². The standard InChI is InChI=1S/C23H27FN2O2S/c1-15(2)25(22(28)18-9-11-19(24)12-10-18)13-14-26-21(27)17(4)29-23(26)20-8-6-5-7-16(20)3/h5-12,15,17,23H,13-14H2,1-4H3/t17-,23-/m1/s1. The molecule has 6 heteroatoms. The molecule has 1 heterocycles. The van der Waals surface area contributed by atoms with Crippen LogP contribution in [0.5, 0.6) is 0 Å². The van der Waals surface area contributed by atoms with Gasteiger partial charge in [0.15, 0.2) is 0 Å². The van der Waals surface area contributed by atoms with Crippen LogP contribution in [0.3, 0.4) is 0 Å². The molecule has 0 aliphatic carbocycles. The molecule has 0 unspecified atom stereocenters. The first-order valence-electron chi connectivity index (χ1n) is 9.87. The Bertz CT molecular complexity index is 885. The second-order valence-electron chi connectivity index (χ2n) is 7.62. The number of benzene rings is 2. The monoisotopic (exact) mass is 414 g/mol. The molecule has 0 radical (unpaired) electrons. The van der Waals surface area contributed by atoms with E-state index in [1.807, 2.05) is 37.8 Å². The highest BCUT2D eigenvalue weighted by molar-refractivity contribution is 8.01. The Kier molecular flexibility index (Phi) is 6.63. The zero-order valence-electron chi connectivity index (χ0n) is 17.3. The fourth-order valence-corrected chi connectivity index (χ4v) is 4.98. The van der Waals surface area contributed by atoms with E-state index in [0.717, 1.165) is 11.1 Å². The molecule has 0 spiro atoms. The fraction of sp³-hybridized carbons (Fsp3) is 0.391. The number of halogens is 1. The summed E-state index contributed by atoms with van der Waals surface area (Å²) in [6.45, 7) is 8.77. The number of amides is 2. The van der Waals surface area contributed by atoms with E-state index in [2.05, 4.69) is 19.1 Å². The molecule has 2 atom stereocenters. The summed E-state index contributed by atoms with van der Waals surface area (Å²) in [7, 11) is 0. The van der Waals surface area contributed by atoms with Crippen LogP contribution in [0.15, 0.2) is 48.5 Å². The smallest absolute Gasteiger partial charge is 0.254 e. The van der Waals surface area contributed by atoms with Crippen LogP contribution in [0, 0.1) is 12.7 Å². The number of thioether (sulfide) groups is 1. The molecule has 2 amide bonds. The van der Waals surface area contributed by atoms with E-state index >= 15 is 0 Å². The van der Waals surface area contributed by atoms with Crippen molar-refractivity contribution in [3.63, 3.8) is 0 Å². The Balaban J connectivity index is 1.78.